The summed E-state index contributed by atoms with van der Waals surface area (Å²) in [6, 6.07) is 3.70. The lowest BCUT2D eigenvalue weighted by atomic mass is 9.83. The normalized spacial score (nSPS) is 11.2. The molecule has 0 spiro atoms. The monoisotopic (exact) mass is 226 g/mol. The topological polar surface area (TPSA) is 74.6 Å². The predicted molar refractivity (Wildman–Crippen MR) is 54.0 cm³/mol. The van der Waals surface area contributed by atoms with Gasteiger partial charge in [0.1, 0.15) is 5.82 Å². The summed E-state index contributed by atoms with van der Waals surface area (Å²) >= 11 is 0. The van der Waals surface area contributed by atoms with Crippen LogP contribution in [-0.2, 0) is 10.2 Å². The second-order valence-electron chi connectivity index (χ2n) is 3.90. The van der Waals surface area contributed by atoms with Gasteiger partial charge in [0.2, 0.25) is 0 Å². The predicted octanol–water partition coefficient (Wildman–Crippen LogP) is 1.89. The molecule has 0 heterocycles. The largest absolute Gasteiger partial charge is 0.481 e. The maximum absolute atomic E-state index is 13.7. The zero-order valence-electron chi connectivity index (χ0n) is 8.82. The summed E-state index contributed by atoms with van der Waals surface area (Å²) in [5.74, 6) is -3.63. The van der Waals surface area contributed by atoms with Crippen LogP contribution >= 0.6 is 0 Å². The number of halogens is 1. The molecule has 0 atom stereocenters. The lowest BCUT2D eigenvalue weighted by Crippen LogP contribution is -2.30. The van der Waals surface area contributed by atoms with E-state index in [2.05, 4.69) is 0 Å². The smallest absolute Gasteiger partial charge is 0.338 e. The van der Waals surface area contributed by atoms with Crippen LogP contribution in [0.1, 0.15) is 29.8 Å². The fourth-order valence-corrected chi connectivity index (χ4v) is 1.30. The number of aromatic carboxylic acids is 1. The number of aliphatic carboxylic acids is 1. The fraction of sp³-hybridized carbons (Fsp3) is 0.273. The van der Waals surface area contributed by atoms with E-state index in [4.69, 9.17) is 10.2 Å². The Bertz CT molecular complexity index is 451. The van der Waals surface area contributed by atoms with Gasteiger partial charge in [0.25, 0.3) is 0 Å². The molecule has 0 aliphatic heterocycles. The third-order valence-electron chi connectivity index (χ3n) is 2.44. The van der Waals surface area contributed by atoms with E-state index in [1.807, 2.05) is 0 Å². The average Bonchev–Trinajstić information content (AvgIpc) is 2.16. The van der Waals surface area contributed by atoms with Gasteiger partial charge in [-0.25, -0.2) is 9.18 Å². The van der Waals surface area contributed by atoms with Crippen molar-refractivity contribution in [2.45, 2.75) is 19.3 Å². The van der Waals surface area contributed by atoms with Crippen LogP contribution in [0.3, 0.4) is 0 Å². The lowest BCUT2D eigenvalue weighted by molar-refractivity contribution is -0.142. The Morgan fingerprint density at radius 3 is 2.25 bits per heavy atom. The molecule has 0 amide bonds. The van der Waals surface area contributed by atoms with Crippen molar-refractivity contribution in [3.8, 4) is 0 Å². The van der Waals surface area contributed by atoms with Gasteiger partial charge in [-0.3, -0.25) is 4.79 Å². The van der Waals surface area contributed by atoms with Gasteiger partial charge in [-0.15, -0.1) is 0 Å². The molecule has 86 valence electrons. The van der Waals surface area contributed by atoms with Gasteiger partial charge in [0, 0.05) is 5.56 Å². The van der Waals surface area contributed by atoms with Crippen molar-refractivity contribution < 1.29 is 24.2 Å². The summed E-state index contributed by atoms with van der Waals surface area (Å²) in [6.45, 7) is 2.64. The second-order valence-corrected chi connectivity index (χ2v) is 3.90. The quantitative estimate of drug-likeness (QED) is 0.825. The second kappa shape index (κ2) is 3.92. The van der Waals surface area contributed by atoms with Crippen molar-refractivity contribution in [2.24, 2.45) is 0 Å². The van der Waals surface area contributed by atoms with Crippen LogP contribution in [0.4, 0.5) is 4.39 Å². The molecule has 4 nitrogen and oxygen atoms in total. The van der Waals surface area contributed by atoms with Gasteiger partial charge in [0.05, 0.1) is 11.0 Å². The first kappa shape index (κ1) is 12.2. The lowest BCUT2D eigenvalue weighted by Gasteiger charge is -2.20. The van der Waals surface area contributed by atoms with E-state index in [-0.39, 0.29) is 5.56 Å². The molecule has 0 saturated carbocycles. The molecule has 2 N–H and O–H groups in total. The van der Waals surface area contributed by atoms with Gasteiger partial charge in [-0.2, -0.15) is 0 Å². The molecule has 0 bridgehead atoms. The molecule has 1 rings (SSSR count). The Hall–Kier alpha value is -1.91. The number of hydrogen-bond acceptors (Lipinski definition) is 2. The van der Waals surface area contributed by atoms with E-state index in [1.165, 1.54) is 26.0 Å². The molecule has 16 heavy (non-hydrogen) atoms. The van der Waals surface area contributed by atoms with E-state index in [0.717, 1.165) is 6.07 Å². The molecule has 0 aliphatic rings. The molecule has 0 saturated heterocycles. The van der Waals surface area contributed by atoms with Crippen LogP contribution in [0.2, 0.25) is 0 Å². The van der Waals surface area contributed by atoms with Crippen LogP contribution in [-0.4, -0.2) is 22.2 Å². The molecule has 0 unspecified atom stereocenters. The van der Waals surface area contributed by atoms with Crippen LogP contribution in [0.15, 0.2) is 18.2 Å². The molecule has 1 aromatic carbocycles. The molecule has 0 aliphatic carbocycles. The zero-order chi connectivity index (χ0) is 12.5. The first-order valence-corrected chi connectivity index (χ1v) is 4.54. The van der Waals surface area contributed by atoms with E-state index < -0.39 is 28.7 Å². The first-order valence-electron chi connectivity index (χ1n) is 4.54. The van der Waals surface area contributed by atoms with Crippen LogP contribution in [0, 0.1) is 5.82 Å². The molecule has 0 aromatic heterocycles. The Balaban J connectivity index is 3.42. The van der Waals surface area contributed by atoms with E-state index >= 15 is 0 Å². The molecular weight excluding hydrogens is 215 g/mol. The molecule has 5 heteroatoms. The average molecular weight is 226 g/mol. The summed E-state index contributed by atoms with van der Waals surface area (Å²) in [7, 11) is 0. The van der Waals surface area contributed by atoms with Crippen LogP contribution in [0.5, 0.6) is 0 Å². The summed E-state index contributed by atoms with van der Waals surface area (Å²) < 4.78 is 13.7. The third-order valence-corrected chi connectivity index (χ3v) is 2.44. The number of benzene rings is 1. The van der Waals surface area contributed by atoms with Crippen molar-refractivity contribution in [1.82, 2.24) is 0 Å². The number of carboxylic acids is 2. The highest BCUT2D eigenvalue weighted by Gasteiger charge is 2.33. The van der Waals surface area contributed by atoms with Crippen LogP contribution < -0.4 is 0 Å². The summed E-state index contributed by atoms with van der Waals surface area (Å²) in [6.07, 6.45) is 0. The van der Waals surface area contributed by atoms with E-state index in [0.29, 0.717) is 0 Å². The first-order chi connectivity index (χ1) is 7.28. The van der Waals surface area contributed by atoms with E-state index in [9.17, 15) is 14.0 Å². The minimum atomic E-state index is -1.46. The van der Waals surface area contributed by atoms with E-state index in [1.54, 1.807) is 0 Å². The maximum Gasteiger partial charge on any atom is 0.338 e. The van der Waals surface area contributed by atoms with Crippen molar-refractivity contribution >= 4 is 11.9 Å². The number of carbonyl (C=O) groups is 2. The molecule has 1 aromatic rings. The SMILES string of the molecule is CC(C)(C(=O)O)c1cccc(C(=O)O)c1F. The van der Waals surface area contributed by atoms with Crippen molar-refractivity contribution in [1.29, 1.82) is 0 Å². The molecule has 0 fully saturated rings. The minimum absolute atomic E-state index is 0.139. The Morgan fingerprint density at radius 2 is 1.81 bits per heavy atom. The Labute approximate surface area is 91.3 Å². The molecular formula is C11H11FO4. The van der Waals surface area contributed by atoms with Crippen molar-refractivity contribution in [2.75, 3.05) is 0 Å². The highest BCUT2D eigenvalue weighted by atomic mass is 19.1. The Kier molecular flexibility index (Phi) is 2.98. The van der Waals surface area contributed by atoms with Crippen molar-refractivity contribution in [3.05, 3.63) is 35.1 Å². The maximum atomic E-state index is 13.7. The summed E-state index contributed by atoms with van der Waals surface area (Å²) in [4.78, 5) is 21.6. The standard InChI is InChI=1S/C11H11FO4/c1-11(2,10(15)16)7-5-3-4-6(8(7)12)9(13)14/h3-5H,1-2H3,(H,13,14)(H,15,16). The number of hydrogen-bond donors (Lipinski definition) is 2. The van der Waals surface area contributed by atoms with Gasteiger partial charge in [0.15, 0.2) is 0 Å². The molecule has 0 radical (unpaired) electrons. The van der Waals surface area contributed by atoms with Crippen LogP contribution in [0.25, 0.3) is 0 Å². The number of rotatable bonds is 3. The number of carboxylic acid groups (broad SMARTS) is 2. The van der Waals surface area contributed by atoms with Gasteiger partial charge >= 0.3 is 11.9 Å². The third kappa shape index (κ3) is 1.88. The van der Waals surface area contributed by atoms with Gasteiger partial charge in [-0.1, -0.05) is 12.1 Å². The highest BCUT2D eigenvalue weighted by molar-refractivity contribution is 5.89. The minimum Gasteiger partial charge on any atom is -0.481 e. The Morgan fingerprint density at radius 1 is 1.25 bits per heavy atom. The fourth-order valence-electron chi connectivity index (χ4n) is 1.30. The zero-order valence-corrected chi connectivity index (χ0v) is 8.82. The highest BCUT2D eigenvalue weighted by Crippen LogP contribution is 2.27. The summed E-state index contributed by atoms with van der Waals surface area (Å²) in [5.41, 5.74) is -2.12. The summed E-state index contributed by atoms with van der Waals surface area (Å²) in [5, 5.41) is 17.6. The van der Waals surface area contributed by atoms with Gasteiger partial charge < -0.3 is 10.2 Å². The van der Waals surface area contributed by atoms with Gasteiger partial charge in [-0.05, 0) is 19.9 Å². The van der Waals surface area contributed by atoms with Crippen molar-refractivity contribution in [3.63, 3.8) is 0 Å².